The minimum absolute atomic E-state index is 0.227. The highest BCUT2D eigenvalue weighted by atomic mass is 16.3. The Morgan fingerprint density at radius 2 is 1.78 bits per heavy atom. The number of para-hydroxylation sites is 1. The van der Waals surface area contributed by atoms with Crippen LogP contribution in [0.1, 0.15) is 43.8 Å². The van der Waals surface area contributed by atoms with Crippen molar-refractivity contribution in [3.05, 3.63) is 54.0 Å². The standard InChI is InChI=1S/C20H25N3O4/c1-13(22-19(26)20(2,3)4)17(24)23-16-10-6-5-9-15(16)18(25)21-12-14-8-7-11-27-14/h5-11,13H,12H2,1-4H3,(H,21,25)(H,22,26)(H,23,24). The van der Waals surface area contributed by atoms with Crippen LogP contribution in [-0.2, 0) is 16.1 Å². The number of amides is 3. The number of carbonyl (C=O) groups is 3. The van der Waals surface area contributed by atoms with Gasteiger partial charge in [0.05, 0.1) is 24.1 Å². The van der Waals surface area contributed by atoms with E-state index in [2.05, 4.69) is 16.0 Å². The van der Waals surface area contributed by atoms with E-state index in [0.29, 0.717) is 17.0 Å². The fraction of sp³-hybridized carbons (Fsp3) is 0.350. The highest BCUT2D eigenvalue weighted by Gasteiger charge is 2.25. The number of anilines is 1. The molecule has 144 valence electrons. The molecule has 1 atom stereocenters. The zero-order chi connectivity index (χ0) is 20.0. The zero-order valence-electron chi connectivity index (χ0n) is 16.0. The fourth-order valence-corrected chi connectivity index (χ4v) is 2.19. The summed E-state index contributed by atoms with van der Waals surface area (Å²) in [4.78, 5) is 36.9. The van der Waals surface area contributed by atoms with Gasteiger partial charge in [-0.25, -0.2) is 0 Å². The molecule has 0 fully saturated rings. The highest BCUT2D eigenvalue weighted by Crippen LogP contribution is 2.16. The Labute approximate surface area is 158 Å². The summed E-state index contributed by atoms with van der Waals surface area (Å²) in [5, 5.41) is 8.11. The molecular formula is C20H25N3O4. The lowest BCUT2D eigenvalue weighted by molar-refractivity contribution is -0.131. The molecule has 0 saturated carbocycles. The smallest absolute Gasteiger partial charge is 0.253 e. The Balaban J connectivity index is 2.03. The van der Waals surface area contributed by atoms with Crippen molar-refractivity contribution in [1.82, 2.24) is 10.6 Å². The van der Waals surface area contributed by atoms with Gasteiger partial charge in [-0.2, -0.15) is 0 Å². The van der Waals surface area contributed by atoms with Gasteiger partial charge in [-0.05, 0) is 31.2 Å². The quantitative estimate of drug-likeness (QED) is 0.727. The van der Waals surface area contributed by atoms with E-state index in [4.69, 9.17) is 4.42 Å². The Kier molecular flexibility index (Phi) is 6.39. The normalized spacial score (nSPS) is 12.1. The van der Waals surface area contributed by atoms with E-state index in [1.165, 1.54) is 6.26 Å². The Hall–Kier alpha value is -3.09. The Bertz CT molecular complexity index is 807. The summed E-state index contributed by atoms with van der Waals surface area (Å²) in [5.74, 6) is -0.342. The molecule has 1 unspecified atom stereocenters. The van der Waals surface area contributed by atoms with Crippen molar-refractivity contribution in [1.29, 1.82) is 0 Å². The highest BCUT2D eigenvalue weighted by molar-refractivity contribution is 6.05. The van der Waals surface area contributed by atoms with Crippen LogP contribution < -0.4 is 16.0 Å². The first-order valence-electron chi connectivity index (χ1n) is 8.70. The topological polar surface area (TPSA) is 100 Å². The van der Waals surface area contributed by atoms with E-state index in [1.807, 2.05) is 0 Å². The van der Waals surface area contributed by atoms with Crippen molar-refractivity contribution in [2.24, 2.45) is 5.41 Å². The predicted octanol–water partition coefficient (Wildman–Crippen LogP) is 2.70. The van der Waals surface area contributed by atoms with Gasteiger partial charge in [-0.15, -0.1) is 0 Å². The molecule has 0 spiro atoms. The largest absolute Gasteiger partial charge is 0.467 e. The van der Waals surface area contributed by atoms with Crippen molar-refractivity contribution < 1.29 is 18.8 Å². The van der Waals surface area contributed by atoms with E-state index in [-0.39, 0.29) is 18.4 Å². The monoisotopic (exact) mass is 371 g/mol. The van der Waals surface area contributed by atoms with Crippen molar-refractivity contribution in [3.63, 3.8) is 0 Å². The van der Waals surface area contributed by atoms with Crippen molar-refractivity contribution in [2.75, 3.05) is 5.32 Å². The number of furan rings is 1. The third-order valence-corrected chi connectivity index (χ3v) is 3.85. The second-order valence-corrected chi connectivity index (χ2v) is 7.24. The summed E-state index contributed by atoms with van der Waals surface area (Å²) in [7, 11) is 0. The maximum atomic E-state index is 12.4. The fourth-order valence-electron chi connectivity index (χ4n) is 2.19. The maximum Gasteiger partial charge on any atom is 0.253 e. The molecule has 0 aliphatic heterocycles. The lowest BCUT2D eigenvalue weighted by Crippen LogP contribution is -2.46. The molecule has 0 saturated heterocycles. The molecule has 7 heteroatoms. The molecule has 1 aromatic heterocycles. The third kappa shape index (κ3) is 5.70. The minimum atomic E-state index is -0.740. The number of carbonyl (C=O) groups excluding carboxylic acids is 3. The van der Waals surface area contributed by atoms with Crippen molar-refractivity contribution in [2.45, 2.75) is 40.3 Å². The SMILES string of the molecule is CC(NC(=O)C(C)(C)C)C(=O)Nc1ccccc1C(=O)NCc1ccco1. The Morgan fingerprint density at radius 3 is 2.41 bits per heavy atom. The second kappa shape index (κ2) is 8.53. The minimum Gasteiger partial charge on any atom is -0.467 e. The molecule has 0 aliphatic rings. The summed E-state index contributed by atoms with van der Waals surface area (Å²) < 4.78 is 5.19. The number of hydrogen-bond donors (Lipinski definition) is 3. The van der Waals surface area contributed by atoms with Crippen LogP contribution in [0.25, 0.3) is 0 Å². The number of rotatable bonds is 6. The van der Waals surface area contributed by atoms with Crippen molar-refractivity contribution in [3.8, 4) is 0 Å². The molecule has 7 nitrogen and oxygen atoms in total. The second-order valence-electron chi connectivity index (χ2n) is 7.24. The molecule has 2 aromatic rings. The predicted molar refractivity (Wildman–Crippen MR) is 102 cm³/mol. The van der Waals surface area contributed by atoms with E-state index >= 15 is 0 Å². The molecule has 2 rings (SSSR count). The van der Waals surface area contributed by atoms with Gasteiger partial charge < -0.3 is 20.4 Å². The summed E-state index contributed by atoms with van der Waals surface area (Å²) >= 11 is 0. The van der Waals surface area contributed by atoms with Gasteiger partial charge in [0.15, 0.2) is 0 Å². The van der Waals surface area contributed by atoms with Crippen LogP contribution in [0.15, 0.2) is 47.1 Å². The molecule has 27 heavy (non-hydrogen) atoms. The summed E-state index contributed by atoms with van der Waals surface area (Å²) in [5.41, 5.74) is 0.0983. The molecule has 0 bridgehead atoms. The molecule has 1 heterocycles. The van der Waals surface area contributed by atoms with Gasteiger partial charge in [0.1, 0.15) is 11.8 Å². The average molecular weight is 371 g/mol. The van der Waals surface area contributed by atoms with Crippen LogP contribution in [-0.4, -0.2) is 23.8 Å². The first kappa shape index (κ1) is 20.2. The molecule has 0 radical (unpaired) electrons. The molecule has 3 amide bonds. The molecular weight excluding hydrogens is 346 g/mol. The number of benzene rings is 1. The van der Waals surface area contributed by atoms with Gasteiger partial charge in [0.2, 0.25) is 11.8 Å². The van der Waals surface area contributed by atoms with Crippen molar-refractivity contribution >= 4 is 23.4 Å². The van der Waals surface area contributed by atoms with Crippen LogP contribution >= 0.6 is 0 Å². The lowest BCUT2D eigenvalue weighted by atomic mass is 9.95. The first-order chi connectivity index (χ1) is 12.7. The van der Waals surface area contributed by atoms with Gasteiger partial charge in [0, 0.05) is 5.41 Å². The van der Waals surface area contributed by atoms with Crippen LogP contribution in [0.2, 0.25) is 0 Å². The Morgan fingerprint density at radius 1 is 1.07 bits per heavy atom. The van der Waals surface area contributed by atoms with Gasteiger partial charge >= 0.3 is 0 Å². The molecule has 3 N–H and O–H groups in total. The van der Waals surface area contributed by atoms with E-state index in [1.54, 1.807) is 64.1 Å². The van der Waals surface area contributed by atoms with Gasteiger partial charge in [0.25, 0.3) is 5.91 Å². The van der Waals surface area contributed by atoms with E-state index in [0.717, 1.165) is 0 Å². The van der Waals surface area contributed by atoms with Crippen LogP contribution in [0, 0.1) is 5.41 Å². The number of hydrogen-bond acceptors (Lipinski definition) is 4. The average Bonchev–Trinajstić information content (AvgIpc) is 3.12. The van der Waals surface area contributed by atoms with Gasteiger partial charge in [-0.3, -0.25) is 14.4 Å². The van der Waals surface area contributed by atoms with Crippen LogP contribution in [0.4, 0.5) is 5.69 Å². The summed E-state index contributed by atoms with van der Waals surface area (Å²) in [6.07, 6.45) is 1.53. The summed E-state index contributed by atoms with van der Waals surface area (Å²) in [6, 6.07) is 9.44. The van der Waals surface area contributed by atoms with Crippen LogP contribution in [0.3, 0.4) is 0 Å². The molecule has 1 aromatic carbocycles. The number of nitrogens with one attached hydrogen (secondary N) is 3. The third-order valence-electron chi connectivity index (χ3n) is 3.85. The van der Waals surface area contributed by atoms with Gasteiger partial charge in [-0.1, -0.05) is 32.9 Å². The van der Waals surface area contributed by atoms with E-state index in [9.17, 15) is 14.4 Å². The first-order valence-corrected chi connectivity index (χ1v) is 8.70. The lowest BCUT2D eigenvalue weighted by Gasteiger charge is -2.21. The summed E-state index contributed by atoms with van der Waals surface area (Å²) in [6.45, 7) is 7.15. The molecule has 0 aliphatic carbocycles. The maximum absolute atomic E-state index is 12.4. The van der Waals surface area contributed by atoms with Crippen LogP contribution in [0.5, 0.6) is 0 Å². The van der Waals surface area contributed by atoms with E-state index < -0.39 is 17.4 Å². The zero-order valence-corrected chi connectivity index (χ0v) is 16.0.